The highest BCUT2D eigenvalue weighted by Gasteiger charge is 2.13. The van der Waals surface area contributed by atoms with Crippen LogP contribution in [0.15, 0.2) is 46.9 Å². The molecule has 0 unspecified atom stereocenters. The van der Waals surface area contributed by atoms with E-state index >= 15 is 0 Å². The van der Waals surface area contributed by atoms with Crippen LogP contribution in [0.2, 0.25) is 0 Å². The highest BCUT2D eigenvalue weighted by atomic mass is 32.1. The fourth-order valence-corrected chi connectivity index (χ4v) is 3.13. The fourth-order valence-electron chi connectivity index (χ4n) is 2.19. The minimum Gasteiger partial charge on any atom is -0.453 e. The molecule has 20 heavy (non-hydrogen) atoms. The van der Waals surface area contributed by atoms with Crippen molar-refractivity contribution in [1.29, 1.82) is 0 Å². The van der Waals surface area contributed by atoms with E-state index in [4.69, 9.17) is 10.2 Å². The lowest BCUT2D eigenvalue weighted by Gasteiger charge is -1.90. The standard InChI is InChI=1S/C15H9FN2OS/c16-9-5-4-8-6-13(19-12(8)7-9)15-18-11-3-1-2-10(17)14(11)20-15/h1-7H,17H2. The maximum Gasteiger partial charge on any atom is 0.164 e. The van der Waals surface area contributed by atoms with Crippen molar-refractivity contribution in [3.8, 4) is 10.8 Å². The molecule has 2 heterocycles. The minimum atomic E-state index is -0.313. The van der Waals surface area contributed by atoms with Crippen molar-refractivity contribution in [2.45, 2.75) is 0 Å². The highest BCUT2D eigenvalue weighted by Crippen LogP contribution is 2.35. The van der Waals surface area contributed by atoms with Gasteiger partial charge in [0.25, 0.3) is 0 Å². The molecule has 3 nitrogen and oxygen atoms in total. The SMILES string of the molecule is Nc1cccc2nc(-c3cc4ccc(F)cc4o3)sc12. The second-order valence-corrected chi connectivity index (χ2v) is 5.51. The molecule has 0 aliphatic rings. The molecule has 2 N–H and O–H groups in total. The van der Waals surface area contributed by atoms with Crippen LogP contribution >= 0.6 is 11.3 Å². The Morgan fingerprint density at radius 1 is 1.15 bits per heavy atom. The summed E-state index contributed by atoms with van der Waals surface area (Å²) < 4.78 is 19.8. The summed E-state index contributed by atoms with van der Waals surface area (Å²) in [5, 5.41) is 1.60. The topological polar surface area (TPSA) is 52.0 Å². The average Bonchev–Trinajstić information content (AvgIpc) is 3.01. The molecule has 0 saturated carbocycles. The van der Waals surface area contributed by atoms with Crippen molar-refractivity contribution >= 4 is 38.2 Å². The van der Waals surface area contributed by atoms with Crippen molar-refractivity contribution in [2.24, 2.45) is 0 Å². The van der Waals surface area contributed by atoms with Crippen LogP contribution in [0.4, 0.5) is 10.1 Å². The van der Waals surface area contributed by atoms with Crippen LogP contribution in [0.25, 0.3) is 32.0 Å². The zero-order valence-corrected chi connectivity index (χ0v) is 11.1. The highest BCUT2D eigenvalue weighted by molar-refractivity contribution is 7.22. The number of hydrogen-bond donors (Lipinski definition) is 1. The number of anilines is 1. The van der Waals surface area contributed by atoms with Gasteiger partial charge in [-0.2, -0.15) is 0 Å². The molecule has 0 aliphatic carbocycles. The summed E-state index contributed by atoms with van der Waals surface area (Å²) in [5.41, 5.74) is 8.00. The molecule has 0 spiro atoms. The number of nitrogens with zero attached hydrogens (tertiary/aromatic N) is 1. The third-order valence-corrected chi connectivity index (χ3v) is 4.27. The lowest BCUT2D eigenvalue weighted by molar-refractivity contribution is 0.607. The predicted octanol–water partition coefficient (Wildman–Crippen LogP) is 4.43. The Morgan fingerprint density at radius 3 is 2.90 bits per heavy atom. The van der Waals surface area contributed by atoms with Crippen LogP contribution in [0, 0.1) is 5.82 Å². The molecular formula is C15H9FN2OS. The van der Waals surface area contributed by atoms with Gasteiger partial charge in [0.05, 0.1) is 15.9 Å². The van der Waals surface area contributed by atoms with E-state index in [-0.39, 0.29) is 5.82 Å². The fraction of sp³-hybridized carbons (Fsp3) is 0. The van der Waals surface area contributed by atoms with E-state index in [0.717, 1.165) is 20.6 Å². The minimum absolute atomic E-state index is 0.313. The number of furan rings is 1. The van der Waals surface area contributed by atoms with Gasteiger partial charge in [0.2, 0.25) is 0 Å². The van der Waals surface area contributed by atoms with Gasteiger partial charge in [0.1, 0.15) is 11.4 Å². The monoisotopic (exact) mass is 284 g/mol. The van der Waals surface area contributed by atoms with Gasteiger partial charge in [0, 0.05) is 11.5 Å². The molecule has 2 aromatic carbocycles. The Labute approximate surface area is 117 Å². The Bertz CT molecular complexity index is 942. The van der Waals surface area contributed by atoms with Crippen LogP contribution in [-0.2, 0) is 0 Å². The second-order valence-electron chi connectivity index (χ2n) is 4.51. The molecule has 4 rings (SSSR count). The molecule has 5 heteroatoms. The normalized spacial score (nSPS) is 11.4. The third-order valence-electron chi connectivity index (χ3n) is 3.14. The first kappa shape index (κ1) is 11.4. The number of nitrogens with two attached hydrogens (primary N) is 1. The zero-order chi connectivity index (χ0) is 13.7. The number of fused-ring (bicyclic) bond motifs is 2. The summed E-state index contributed by atoms with van der Waals surface area (Å²) in [6.07, 6.45) is 0. The molecule has 0 amide bonds. The van der Waals surface area contributed by atoms with E-state index in [2.05, 4.69) is 4.98 Å². The van der Waals surface area contributed by atoms with E-state index in [1.807, 2.05) is 24.3 Å². The molecule has 0 fully saturated rings. The van der Waals surface area contributed by atoms with Gasteiger partial charge in [-0.05, 0) is 30.3 Å². The molecule has 4 aromatic rings. The van der Waals surface area contributed by atoms with Crippen LogP contribution in [0.5, 0.6) is 0 Å². The molecular weight excluding hydrogens is 275 g/mol. The van der Waals surface area contributed by atoms with Gasteiger partial charge in [-0.1, -0.05) is 6.07 Å². The molecule has 0 atom stereocenters. The first-order valence-electron chi connectivity index (χ1n) is 6.05. The summed E-state index contributed by atoms with van der Waals surface area (Å²) in [5.74, 6) is 0.318. The molecule has 0 radical (unpaired) electrons. The Morgan fingerprint density at radius 2 is 2.05 bits per heavy atom. The lowest BCUT2D eigenvalue weighted by Crippen LogP contribution is -1.82. The van der Waals surface area contributed by atoms with Crippen molar-refractivity contribution in [1.82, 2.24) is 4.98 Å². The molecule has 98 valence electrons. The third kappa shape index (κ3) is 1.67. The number of nitrogen functional groups attached to an aromatic ring is 1. The largest absolute Gasteiger partial charge is 0.453 e. The van der Waals surface area contributed by atoms with Gasteiger partial charge in [-0.25, -0.2) is 9.37 Å². The maximum atomic E-state index is 13.2. The van der Waals surface area contributed by atoms with Crippen molar-refractivity contribution < 1.29 is 8.81 Å². The van der Waals surface area contributed by atoms with E-state index < -0.39 is 0 Å². The zero-order valence-electron chi connectivity index (χ0n) is 10.3. The van der Waals surface area contributed by atoms with Gasteiger partial charge in [-0.3, -0.25) is 0 Å². The van der Waals surface area contributed by atoms with Crippen molar-refractivity contribution in [3.05, 3.63) is 48.3 Å². The van der Waals surface area contributed by atoms with Gasteiger partial charge in [0.15, 0.2) is 10.8 Å². The first-order chi connectivity index (χ1) is 9.70. The van der Waals surface area contributed by atoms with E-state index in [9.17, 15) is 4.39 Å². The number of benzene rings is 2. The molecule has 0 aliphatic heterocycles. The first-order valence-corrected chi connectivity index (χ1v) is 6.87. The van der Waals surface area contributed by atoms with E-state index in [1.165, 1.54) is 23.5 Å². The van der Waals surface area contributed by atoms with E-state index in [0.29, 0.717) is 17.0 Å². The number of rotatable bonds is 1. The number of halogens is 1. The number of hydrogen-bond acceptors (Lipinski definition) is 4. The molecule has 0 saturated heterocycles. The van der Waals surface area contributed by atoms with Crippen LogP contribution < -0.4 is 5.73 Å². The molecule has 0 bridgehead atoms. The van der Waals surface area contributed by atoms with Crippen LogP contribution in [0.3, 0.4) is 0 Å². The quantitative estimate of drug-likeness (QED) is 0.526. The van der Waals surface area contributed by atoms with Gasteiger partial charge < -0.3 is 10.2 Å². The second kappa shape index (κ2) is 4.05. The van der Waals surface area contributed by atoms with E-state index in [1.54, 1.807) is 6.07 Å². The van der Waals surface area contributed by atoms with Crippen molar-refractivity contribution in [3.63, 3.8) is 0 Å². The summed E-state index contributed by atoms with van der Waals surface area (Å²) in [4.78, 5) is 4.51. The average molecular weight is 284 g/mol. The van der Waals surface area contributed by atoms with Gasteiger partial charge >= 0.3 is 0 Å². The lowest BCUT2D eigenvalue weighted by atomic mass is 10.2. The van der Waals surface area contributed by atoms with Crippen molar-refractivity contribution in [2.75, 3.05) is 5.73 Å². The van der Waals surface area contributed by atoms with Crippen LogP contribution in [0.1, 0.15) is 0 Å². The summed E-state index contributed by atoms with van der Waals surface area (Å²) in [7, 11) is 0. The maximum absolute atomic E-state index is 13.2. The summed E-state index contributed by atoms with van der Waals surface area (Å²) in [6.45, 7) is 0. The Hall–Kier alpha value is -2.40. The Balaban J connectivity index is 1.94. The number of thiazole rings is 1. The molecule has 2 aromatic heterocycles. The predicted molar refractivity (Wildman–Crippen MR) is 79.2 cm³/mol. The smallest absolute Gasteiger partial charge is 0.164 e. The number of aromatic nitrogens is 1. The Kier molecular flexibility index (Phi) is 2.31. The van der Waals surface area contributed by atoms with Gasteiger partial charge in [-0.15, -0.1) is 11.3 Å². The summed E-state index contributed by atoms with van der Waals surface area (Å²) in [6, 6.07) is 12.0. The van der Waals surface area contributed by atoms with Crippen LogP contribution in [-0.4, -0.2) is 4.98 Å². The summed E-state index contributed by atoms with van der Waals surface area (Å²) >= 11 is 1.47.